The molecule has 2 aromatic rings. The predicted octanol–water partition coefficient (Wildman–Crippen LogP) is 2.52. The Bertz CT molecular complexity index is 720. The molecule has 0 fully saturated rings. The van der Waals surface area contributed by atoms with Crippen molar-refractivity contribution >= 4 is 11.4 Å². The molecule has 0 saturated heterocycles. The summed E-state index contributed by atoms with van der Waals surface area (Å²) >= 11 is 0. The predicted molar refractivity (Wildman–Crippen MR) is 71.4 cm³/mol. The molecule has 0 radical (unpaired) electrons. The molecule has 0 saturated carbocycles. The van der Waals surface area contributed by atoms with Crippen LogP contribution in [0.4, 0.5) is 11.4 Å². The lowest BCUT2D eigenvalue weighted by Gasteiger charge is -2.04. The van der Waals surface area contributed by atoms with Crippen molar-refractivity contribution in [2.75, 3.05) is 0 Å². The third-order valence-corrected chi connectivity index (χ3v) is 3.17. The van der Waals surface area contributed by atoms with Crippen LogP contribution in [-0.4, -0.2) is 19.6 Å². The zero-order chi connectivity index (χ0) is 15.0. The van der Waals surface area contributed by atoms with Gasteiger partial charge in [0.15, 0.2) is 0 Å². The highest BCUT2D eigenvalue weighted by molar-refractivity contribution is 5.78. The molecule has 104 valence electrons. The summed E-state index contributed by atoms with van der Waals surface area (Å²) in [6, 6.07) is 3.63. The number of nitro benzene ring substituents is 2. The number of nitro groups is 2. The Labute approximate surface area is 113 Å². The third-order valence-electron chi connectivity index (χ3n) is 3.17. The number of hydrogen-bond donors (Lipinski definition) is 0. The number of non-ortho nitro benzene ring substituents is 1. The maximum absolute atomic E-state index is 11.2. The quantitative estimate of drug-likeness (QED) is 0.632. The standard InChI is InChI=1S/C12H12N4O4/c1-7-12(8(2)14(3)13-7)10-5-4-9(15(17)18)6-11(10)16(19)20/h4-6H,1-3H3. The van der Waals surface area contributed by atoms with Crippen molar-refractivity contribution in [3.05, 3.63) is 49.8 Å². The summed E-state index contributed by atoms with van der Waals surface area (Å²) < 4.78 is 1.62. The first-order valence-corrected chi connectivity index (χ1v) is 5.76. The van der Waals surface area contributed by atoms with Crippen LogP contribution in [0.25, 0.3) is 11.1 Å². The molecule has 0 bridgehead atoms. The lowest BCUT2D eigenvalue weighted by Crippen LogP contribution is -1.97. The number of rotatable bonds is 3. The van der Waals surface area contributed by atoms with Gasteiger partial charge in [-0.2, -0.15) is 5.10 Å². The summed E-state index contributed by atoms with van der Waals surface area (Å²) in [5.41, 5.74) is 1.78. The smallest absolute Gasteiger partial charge is 0.272 e. The highest BCUT2D eigenvalue weighted by atomic mass is 16.6. The van der Waals surface area contributed by atoms with Crippen molar-refractivity contribution in [2.45, 2.75) is 13.8 Å². The molecule has 8 heteroatoms. The molecule has 20 heavy (non-hydrogen) atoms. The SMILES string of the molecule is Cc1nn(C)c(C)c1-c1ccc([N+](=O)[O-])cc1[N+](=O)[O-]. The van der Waals surface area contributed by atoms with Gasteiger partial charge in [0.05, 0.1) is 27.2 Å². The van der Waals surface area contributed by atoms with Crippen molar-refractivity contribution in [3.8, 4) is 11.1 Å². The molecule has 0 amide bonds. The largest absolute Gasteiger partial charge is 0.284 e. The number of hydrogen-bond acceptors (Lipinski definition) is 5. The van der Waals surface area contributed by atoms with Crippen LogP contribution in [0.2, 0.25) is 0 Å². The second-order valence-corrected chi connectivity index (χ2v) is 4.39. The number of benzene rings is 1. The van der Waals surface area contributed by atoms with E-state index in [4.69, 9.17) is 0 Å². The molecule has 0 spiro atoms. The van der Waals surface area contributed by atoms with Crippen molar-refractivity contribution in [2.24, 2.45) is 7.05 Å². The number of aryl methyl sites for hydroxylation is 2. The average Bonchev–Trinajstić information content (AvgIpc) is 2.62. The van der Waals surface area contributed by atoms with Crippen LogP contribution in [0, 0.1) is 34.1 Å². The van der Waals surface area contributed by atoms with Gasteiger partial charge in [-0.15, -0.1) is 0 Å². The Morgan fingerprint density at radius 1 is 1.15 bits per heavy atom. The van der Waals surface area contributed by atoms with Crippen LogP contribution >= 0.6 is 0 Å². The topological polar surface area (TPSA) is 104 Å². The molecule has 1 aromatic carbocycles. The first-order chi connectivity index (χ1) is 9.32. The molecule has 2 rings (SSSR count). The summed E-state index contributed by atoms with van der Waals surface area (Å²) in [7, 11) is 1.74. The van der Waals surface area contributed by atoms with E-state index in [9.17, 15) is 20.2 Å². The van der Waals surface area contributed by atoms with E-state index >= 15 is 0 Å². The zero-order valence-electron chi connectivity index (χ0n) is 11.2. The van der Waals surface area contributed by atoms with E-state index in [1.807, 2.05) is 0 Å². The Hall–Kier alpha value is -2.77. The third kappa shape index (κ3) is 2.11. The van der Waals surface area contributed by atoms with Gasteiger partial charge in [0, 0.05) is 24.4 Å². The van der Waals surface area contributed by atoms with E-state index in [2.05, 4.69) is 5.10 Å². The monoisotopic (exact) mass is 276 g/mol. The Balaban J connectivity index is 2.74. The molecule has 0 aliphatic carbocycles. The van der Waals surface area contributed by atoms with Gasteiger partial charge in [-0.1, -0.05) is 0 Å². The van der Waals surface area contributed by atoms with Crippen molar-refractivity contribution < 1.29 is 9.85 Å². The van der Waals surface area contributed by atoms with Crippen LogP contribution in [0.3, 0.4) is 0 Å². The maximum atomic E-state index is 11.2. The Morgan fingerprint density at radius 3 is 2.25 bits per heavy atom. The van der Waals surface area contributed by atoms with Crippen molar-refractivity contribution in [1.82, 2.24) is 9.78 Å². The summed E-state index contributed by atoms with van der Waals surface area (Å²) in [5, 5.41) is 26.1. The lowest BCUT2D eigenvalue weighted by atomic mass is 10.0. The van der Waals surface area contributed by atoms with Gasteiger partial charge in [0.2, 0.25) is 0 Å². The second kappa shape index (κ2) is 4.72. The van der Waals surface area contributed by atoms with Crippen LogP contribution in [0.15, 0.2) is 18.2 Å². The molecule has 0 unspecified atom stereocenters. The fraction of sp³-hybridized carbons (Fsp3) is 0.250. The van der Waals surface area contributed by atoms with Gasteiger partial charge >= 0.3 is 0 Å². The summed E-state index contributed by atoms with van der Waals surface area (Å²) in [6.07, 6.45) is 0. The minimum absolute atomic E-state index is 0.293. The normalized spacial score (nSPS) is 10.6. The summed E-state index contributed by atoms with van der Waals surface area (Å²) in [4.78, 5) is 20.6. The van der Waals surface area contributed by atoms with Crippen molar-refractivity contribution in [3.63, 3.8) is 0 Å². The highest BCUT2D eigenvalue weighted by Crippen LogP contribution is 2.36. The summed E-state index contributed by atoms with van der Waals surface area (Å²) in [6.45, 7) is 3.54. The summed E-state index contributed by atoms with van der Waals surface area (Å²) in [5.74, 6) is 0. The number of nitrogens with zero attached hydrogens (tertiary/aromatic N) is 4. The molecular formula is C12H12N4O4. The van der Waals surface area contributed by atoms with Gasteiger partial charge in [-0.05, 0) is 19.9 Å². The molecule has 0 aliphatic rings. The molecular weight excluding hydrogens is 264 g/mol. The van der Waals surface area contributed by atoms with Gasteiger partial charge in [0.25, 0.3) is 11.4 Å². The minimum Gasteiger partial charge on any atom is -0.272 e. The second-order valence-electron chi connectivity index (χ2n) is 4.39. The molecule has 1 aromatic heterocycles. The molecule has 1 heterocycles. The molecule has 0 aliphatic heterocycles. The molecule has 0 atom stereocenters. The fourth-order valence-electron chi connectivity index (χ4n) is 2.16. The first-order valence-electron chi connectivity index (χ1n) is 5.76. The van der Waals surface area contributed by atoms with Crippen LogP contribution in [-0.2, 0) is 7.05 Å². The first kappa shape index (κ1) is 13.7. The van der Waals surface area contributed by atoms with Crippen LogP contribution < -0.4 is 0 Å². The number of aromatic nitrogens is 2. The van der Waals surface area contributed by atoms with Crippen LogP contribution in [0.5, 0.6) is 0 Å². The van der Waals surface area contributed by atoms with E-state index in [0.29, 0.717) is 16.8 Å². The Morgan fingerprint density at radius 2 is 1.80 bits per heavy atom. The van der Waals surface area contributed by atoms with Crippen LogP contribution in [0.1, 0.15) is 11.4 Å². The molecule has 0 N–H and O–H groups in total. The van der Waals surface area contributed by atoms with Crippen molar-refractivity contribution in [1.29, 1.82) is 0 Å². The lowest BCUT2D eigenvalue weighted by molar-refractivity contribution is -0.393. The minimum atomic E-state index is -0.653. The fourth-order valence-corrected chi connectivity index (χ4v) is 2.16. The zero-order valence-corrected chi connectivity index (χ0v) is 11.2. The van der Waals surface area contributed by atoms with Gasteiger partial charge in [-0.3, -0.25) is 24.9 Å². The Kier molecular flexibility index (Phi) is 3.23. The van der Waals surface area contributed by atoms with Gasteiger partial charge in [0.1, 0.15) is 0 Å². The van der Waals surface area contributed by atoms with E-state index < -0.39 is 9.85 Å². The maximum Gasteiger partial charge on any atom is 0.284 e. The molecule has 8 nitrogen and oxygen atoms in total. The van der Waals surface area contributed by atoms with E-state index in [0.717, 1.165) is 11.8 Å². The van der Waals surface area contributed by atoms with E-state index in [1.165, 1.54) is 12.1 Å². The highest BCUT2D eigenvalue weighted by Gasteiger charge is 2.24. The van der Waals surface area contributed by atoms with E-state index in [-0.39, 0.29) is 11.4 Å². The van der Waals surface area contributed by atoms with Gasteiger partial charge in [-0.25, -0.2) is 0 Å². The average molecular weight is 276 g/mol. The van der Waals surface area contributed by atoms with E-state index in [1.54, 1.807) is 25.6 Å². The van der Waals surface area contributed by atoms with Gasteiger partial charge < -0.3 is 0 Å².